The Balaban J connectivity index is 1.05. The number of fused-ring (bicyclic) bond motifs is 7. The lowest BCUT2D eigenvalue weighted by atomic mass is 9.82. The van der Waals surface area contributed by atoms with Crippen molar-refractivity contribution in [3.05, 3.63) is 223 Å². The van der Waals surface area contributed by atoms with Crippen molar-refractivity contribution >= 4 is 48.6 Å². The van der Waals surface area contributed by atoms with Crippen LogP contribution in [0.15, 0.2) is 212 Å². The van der Waals surface area contributed by atoms with Crippen LogP contribution in [0.3, 0.4) is 0 Å². The second-order valence-corrected chi connectivity index (χ2v) is 17.1. The van der Waals surface area contributed by atoms with Gasteiger partial charge in [0, 0.05) is 48.2 Å². The van der Waals surface area contributed by atoms with Gasteiger partial charge >= 0.3 is 0 Å². The molecule has 0 unspecified atom stereocenters. The third-order valence-corrected chi connectivity index (χ3v) is 13.5. The highest BCUT2D eigenvalue weighted by Crippen LogP contribution is 2.54. The second kappa shape index (κ2) is 14.1. The van der Waals surface area contributed by atoms with Crippen molar-refractivity contribution in [1.29, 1.82) is 0 Å². The summed E-state index contributed by atoms with van der Waals surface area (Å²) in [6.07, 6.45) is 0. The van der Waals surface area contributed by atoms with Gasteiger partial charge in [0.25, 0.3) is 0 Å². The minimum atomic E-state index is -0.0227. The lowest BCUT2D eigenvalue weighted by Crippen LogP contribution is -2.14. The van der Waals surface area contributed by atoms with Crippen molar-refractivity contribution in [2.45, 2.75) is 19.3 Å². The number of anilines is 3. The molecule has 2 heteroatoms. The maximum Gasteiger partial charge on any atom is 0.0473 e. The summed E-state index contributed by atoms with van der Waals surface area (Å²) in [5.41, 5.74) is 18.5. The largest absolute Gasteiger partial charge is 0.310 e. The molecule has 0 atom stereocenters. The summed E-state index contributed by atoms with van der Waals surface area (Å²) < 4.78 is 2.72. The van der Waals surface area contributed by atoms with E-state index in [4.69, 9.17) is 0 Å². The molecule has 1 heterocycles. The fourth-order valence-corrected chi connectivity index (χ4v) is 10.7. The number of benzene rings is 9. The molecule has 1 nitrogen and oxygen atoms in total. The molecular formula is C57H41NS. The zero-order valence-electron chi connectivity index (χ0n) is 33.1. The van der Waals surface area contributed by atoms with Gasteiger partial charge in [-0.2, -0.15) is 0 Å². The van der Waals surface area contributed by atoms with Crippen LogP contribution in [0.4, 0.5) is 17.1 Å². The fraction of sp³-hybridized carbons (Fsp3) is 0.0526. The van der Waals surface area contributed by atoms with Crippen molar-refractivity contribution in [1.82, 2.24) is 0 Å². The van der Waals surface area contributed by atoms with E-state index in [0.717, 1.165) is 17.1 Å². The van der Waals surface area contributed by atoms with Crippen molar-refractivity contribution in [2.75, 3.05) is 4.90 Å². The molecule has 0 aliphatic heterocycles. The molecule has 0 saturated heterocycles. The molecule has 0 amide bonds. The highest BCUT2D eigenvalue weighted by atomic mass is 32.1. The smallest absolute Gasteiger partial charge is 0.0473 e. The lowest BCUT2D eigenvalue weighted by Gasteiger charge is -2.27. The van der Waals surface area contributed by atoms with Gasteiger partial charge < -0.3 is 4.90 Å². The number of nitrogens with zero attached hydrogens (tertiary/aromatic N) is 1. The number of hydrogen-bond donors (Lipinski definition) is 0. The van der Waals surface area contributed by atoms with Crippen LogP contribution in [0.5, 0.6) is 0 Å². The van der Waals surface area contributed by atoms with E-state index >= 15 is 0 Å². The predicted octanol–water partition coefficient (Wildman–Crippen LogP) is 16.5. The van der Waals surface area contributed by atoms with E-state index in [1.54, 1.807) is 0 Å². The zero-order valence-corrected chi connectivity index (χ0v) is 33.9. The molecule has 0 N–H and O–H groups in total. The van der Waals surface area contributed by atoms with Crippen molar-refractivity contribution in [3.63, 3.8) is 0 Å². The summed E-state index contributed by atoms with van der Waals surface area (Å²) in [6, 6.07) is 77.7. The van der Waals surface area contributed by atoms with Gasteiger partial charge in [0.15, 0.2) is 0 Å². The first-order valence-corrected chi connectivity index (χ1v) is 21.2. The Hall–Kier alpha value is -7.00. The summed E-state index contributed by atoms with van der Waals surface area (Å²) in [7, 11) is 0. The Kier molecular flexibility index (Phi) is 8.43. The van der Waals surface area contributed by atoms with Crippen LogP contribution in [-0.4, -0.2) is 0 Å². The molecule has 1 aromatic heterocycles. The van der Waals surface area contributed by atoms with Gasteiger partial charge in [-0.05, 0) is 104 Å². The molecule has 0 bridgehead atoms. The molecule has 0 saturated carbocycles. The van der Waals surface area contributed by atoms with E-state index in [1.807, 2.05) is 11.3 Å². The molecule has 9 aromatic carbocycles. The Morgan fingerprint density at radius 3 is 1.44 bits per heavy atom. The van der Waals surface area contributed by atoms with Gasteiger partial charge in [-0.25, -0.2) is 0 Å². The fourth-order valence-electron chi connectivity index (χ4n) is 9.27. The number of rotatable bonds is 7. The van der Waals surface area contributed by atoms with Gasteiger partial charge in [0.05, 0.1) is 0 Å². The summed E-state index contributed by atoms with van der Waals surface area (Å²) in [4.78, 5) is 2.40. The first-order valence-electron chi connectivity index (χ1n) is 20.4. The van der Waals surface area contributed by atoms with Crippen LogP contribution in [0.1, 0.15) is 25.0 Å². The van der Waals surface area contributed by atoms with Crippen LogP contribution in [0, 0.1) is 0 Å². The average Bonchev–Trinajstić information content (AvgIpc) is 3.80. The molecule has 280 valence electrons. The molecule has 1 aliphatic carbocycles. The molecule has 11 rings (SSSR count). The maximum atomic E-state index is 2.40. The minimum Gasteiger partial charge on any atom is -0.310 e. The summed E-state index contributed by atoms with van der Waals surface area (Å²) in [5, 5.41) is 2.66. The van der Waals surface area contributed by atoms with Gasteiger partial charge in [-0.3, -0.25) is 0 Å². The van der Waals surface area contributed by atoms with E-state index < -0.39 is 0 Å². The zero-order chi connectivity index (χ0) is 39.5. The van der Waals surface area contributed by atoms with Crippen molar-refractivity contribution in [3.8, 4) is 55.6 Å². The van der Waals surface area contributed by atoms with E-state index in [-0.39, 0.29) is 5.41 Å². The second-order valence-electron chi connectivity index (χ2n) is 16.1. The third-order valence-electron chi connectivity index (χ3n) is 12.3. The van der Waals surface area contributed by atoms with Crippen LogP contribution < -0.4 is 4.90 Å². The number of thiophene rings is 1. The van der Waals surface area contributed by atoms with Crippen molar-refractivity contribution in [2.24, 2.45) is 0 Å². The Morgan fingerprint density at radius 1 is 0.339 bits per heavy atom. The lowest BCUT2D eigenvalue weighted by molar-refractivity contribution is 0.661. The molecule has 0 radical (unpaired) electrons. The molecule has 59 heavy (non-hydrogen) atoms. The van der Waals surface area contributed by atoms with E-state index in [0.29, 0.717) is 0 Å². The van der Waals surface area contributed by atoms with E-state index in [9.17, 15) is 0 Å². The summed E-state index contributed by atoms with van der Waals surface area (Å²) in [6.45, 7) is 4.73. The van der Waals surface area contributed by atoms with Crippen LogP contribution in [0.25, 0.3) is 75.8 Å². The molecule has 1 aliphatic rings. The Labute approximate surface area is 350 Å². The van der Waals surface area contributed by atoms with Crippen molar-refractivity contribution < 1.29 is 0 Å². The summed E-state index contributed by atoms with van der Waals surface area (Å²) in [5.74, 6) is 0. The van der Waals surface area contributed by atoms with Crippen LogP contribution >= 0.6 is 11.3 Å². The van der Waals surface area contributed by atoms with Gasteiger partial charge in [-0.1, -0.05) is 184 Å². The topological polar surface area (TPSA) is 3.24 Å². The normalized spacial score (nSPS) is 12.7. The maximum absolute atomic E-state index is 2.40. The quantitative estimate of drug-likeness (QED) is 0.156. The third kappa shape index (κ3) is 5.99. The van der Waals surface area contributed by atoms with Gasteiger partial charge in [0.1, 0.15) is 0 Å². The molecule has 10 aromatic rings. The number of hydrogen-bond acceptors (Lipinski definition) is 2. The first kappa shape index (κ1) is 35.2. The van der Waals surface area contributed by atoms with Crippen LogP contribution in [0.2, 0.25) is 0 Å². The highest BCUT2D eigenvalue weighted by Gasteiger charge is 2.36. The van der Waals surface area contributed by atoms with E-state index in [2.05, 4.69) is 231 Å². The standard InChI is InChI=1S/C57H41NS/c1-57(2)52-24-13-12-21-51(52)54-53(57)34-33-50-49-23-14-22-48(55(49)59-56(50)54)42-27-31-46(32-28-42)58(45-29-25-41(26-30-45)38-15-6-3-7-16-38)47-36-43(39-17-8-4-9-18-39)35-44(37-47)40-19-10-5-11-20-40/h3-37H,1-2H3. The summed E-state index contributed by atoms with van der Waals surface area (Å²) >= 11 is 1.95. The molecule has 0 spiro atoms. The minimum absolute atomic E-state index is 0.0227. The average molecular weight is 772 g/mol. The van der Waals surface area contributed by atoms with E-state index in [1.165, 1.54) is 86.9 Å². The Bertz CT molecular complexity index is 3080. The van der Waals surface area contributed by atoms with Gasteiger partial charge in [0.2, 0.25) is 0 Å². The predicted molar refractivity (Wildman–Crippen MR) is 253 cm³/mol. The van der Waals surface area contributed by atoms with Gasteiger partial charge in [-0.15, -0.1) is 11.3 Å². The SMILES string of the molecule is CC1(C)c2ccccc2-c2c1ccc1c2sc2c(-c3ccc(N(c4ccc(-c5ccccc5)cc4)c4cc(-c5ccccc5)cc(-c5ccccc5)c4)cc3)cccc21. The molecule has 0 fully saturated rings. The molecular weight excluding hydrogens is 731 g/mol. The van der Waals surface area contributed by atoms with Crippen LogP contribution in [-0.2, 0) is 5.41 Å². The monoisotopic (exact) mass is 771 g/mol. The Morgan fingerprint density at radius 2 is 0.831 bits per heavy atom. The first-order chi connectivity index (χ1) is 29.0. The highest BCUT2D eigenvalue weighted by molar-refractivity contribution is 7.27.